The monoisotopic (exact) mass is 256 g/mol. The van der Waals surface area contributed by atoms with Gasteiger partial charge in [0.1, 0.15) is 12.1 Å². The molecule has 90 valence electrons. The van der Waals surface area contributed by atoms with Crippen LogP contribution in [0.5, 0.6) is 0 Å². The van der Waals surface area contributed by atoms with Crippen molar-refractivity contribution in [3.8, 4) is 11.1 Å². The molecule has 4 nitrogen and oxygen atoms in total. The fraction of sp³-hybridized carbons (Fsp3) is 0.0769. The van der Waals surface area contributed by atoms with Crippen molar-refractivity contribution in [1.29, 1.82) is 0 Å². The number of benzene rings is 1. The molecule has 2 heterocycles. The Kier molecular flexibility index (Phi) is 2.41. The summed E-state index contributed by atoms with van der Waals surface area (Å²) >= 11 is 1.56. The van der Waals surface area contributed by atoms with Crippen molar-refractivity contribution >= 4 is 33.1 Å². The Hall–Kier alpha value is -2.14. The number of aromatic nitrogens is 2. The third-order valence-corrected chi connectivity index (χ3v) is 3.92. The van der Waals surface area contributed by atoms with Crippen LogP contribution >= 0.6 is 11.3 Å². The highest BCUT2D eigenvalue weighted by molar-refractivity contribution is 7.18. The number of fused-ring (bicyclic) bond motifs is 1. The lowest BCUT2D eigenvalue weighted by atomic mass is 10.0. The lowest BCUT2D eigenvalue weighted by Gasteiger charge is -2.05. The molecule has 0 saturated carbocycles. The highest BCUT2D eigenvalue weighted by Gasteiger charge is 2.12. The molecule has 4 N–H and O–H groups in total. The van der Waals surface area contributed by atoms with Gasteiger partial charge >= 0.3 is 0 Å². The first kappa shape index (κ1) is 11.0. The minimum Gasteiger partial charge on any atom is -0.399 e. The van der Waals surface area contributed by atoms with E-state index in [0.717, 1.165) is 27.0 Å². The van der Waals surface area contributed by atoms with E-state index in [1.54, 1.807) is 11.3 Å². The van der Waals surface area contributed by atoms with Crippen molar-refractivity contribution in [2.75, 3.05) is 11.5 Å². The number of nitrogens with zero attached hydrogens (tertiary/aromatic N) is 2. The molecule has 0 aliphatic rings. The largest absolute Gasteiger partial charge is 0.399 e. The van der Waals surface area contributed by atoms with Crippen molar-refractivity contribution in [3.63, 3.8) is 0 Å². The van der Waals surface area contributed by atoms with Gasteiger partial charge in [-0.1, -0.05) is 6.07 Å². The molecule has 0 amide bonds. The van der Waals surface area contributed by atoms with Crippen LogP contribution in [0.2, 0.25) is 0 Å². The molecule has 2 aromatic heterocycles. The Labute approximate surface area is 108 Å². The molecular weight excluding hydrogens is 244 g/mol. The molecule has 0 unspecified atom stereocenters. The van der Waals surface area contributed by atoms with Crippen LogP contribution < -0.4 is 11.5 Å². The van der Waals surface area contributed by atoms with E-state index in [0.29, 0.717) is 5.82 Å². The number of hydrogen-bond acceptors (Lipinski definition) is 5. The summed E-state index contributed by atoms with van der Waals surface area (Å²) in [6, 6.07) is 5.88. The van der Waals surface area contributed by atoms with Crippen LogP contribution in [0.1, 0.15) is 5.56 Å². The molecule has 0 bridgehead atoms. The summed E-state index contributed by atoms with van der Waals surface area (Å²) < 4.78 is 0.925. The second kappa shape index (κ2) is 3.96. The van der Waals surface area contributed by atoms with Gasteiger partial charge in [0.2, 0.25) is 0 Å². The zero-order valence-corrected chi connectivity index (χ0v) is 10.7. The van der Waals surface area contributed by atoms with Crippen molar-refractivity contribution < 1.29 is 0 Å². The van der Waals surface area contributed by atoms with Gasteiger partial charge in [-0.3, -0.25) is 0 Å². The lowest BCUT2D eigenvalue weighted by Crippen LogP contribution is -1.92. The summed E-state index contributed by atoms with van der Waals surface area (Å²) in [6.45, 7) is 2.06. The van der Waals surface area contributed by atoms with Gasteiger partial charge in [0, 0.05) is 16.6 Å². The first-order valence-electron chi connectivity index (χ1n) is 5.51. The normalized spacial score (nSPS) is 10.9. The predicted molar refractivity (Wildman–Crippen MR) is 76.4 cm³/mol. The van der Waals surface area contributed by atoms with Crippen molar-refractivity contribution in [3.05, 3.63) is 35.5 Å². The molecule has 0 saturated heterocycles. The number of nitrogen functional groups attached to an aromatic ring is 2. The van der Waals surface area contributed by atoms with Crippen LogP contribution in [-0.2, 0) is 0 Å². The van der Waals surface area contributed by atoms with Gasteiger partial charge in [-0.2, -0.15) is 0 Å². The van der Waals surface area contributed by atoms with E-state index in [4.69, 9.17) is 11.5 Å². The van der Waals surface area contributed by atoms with E-state index >= 15 is 0 Å². The molecule has 18 heavy (non-hydrogen) atoms. The molecule has 0 aliphatic heterocycles. The highest BCUT2D eigenvalue weighted by Crippen LogP contribution is 2.36. The van der Waals surface area contributed by atoms with Crippen LogP contribution in [0, 0.1) is 6.92 Å². The van der Waals surface area contributed by atoms with Gasteiger partial charge in [-0.25, -0.2) is 9.97 Å². The minimum atomic E-state index is 0.526. The molecule has 0 atom stereocenters. The van der Waals surface area contributed by atoms with Gasteiger partial charge in [-0.05, 0) is 30.2 Å². The highest BCUT2D eigenvalue weighted by atomic mass is 32.1. The molecule has 0 aliphatic carbocycles. The Balaban J connectivity index is 2.32. The maximum Gasteiger partial charge on any atom is 0.144 e. The molecule has 1 aromatic carbocycles. The molecule has 5 heteroatoms. The third-order valence-electron chi connectivity index (χ3n) is 2.93. The fourth-order valence-corrected chi connectivity index (χ4v) is 2.91. The molecule has 0 spiro atoms. The number of rotatable bonds is 1. The standard InChI is InChI=1S/C13H12N4S/c1-7-2-3-8(14)4-9(7)10-5-18-12-11(10)16-6-17-13(12)15/h2-6H,14H2,1H3,(H2,15,16,17). The Bertz CT molecular complexity index is 733. The summed E-state index contributed by atoms with van der Waals surface area (Å²) in [5.41, 5.74) is 16.7. The van der Waals surface area contributed by atoms with E-state index in [1.807, 2.05) is 18.2 Å². The summed E-state index contributed by atoms with van der Waals surface area (Å²) in [5, 5.41) is 2.05. The van der Waals surface area contributed by atoms with Crippen LogP contribution in [0.15, 0.2) is 29.9 Å². The number of thiophene rings is 1. The van der Waals surface area contributed by atoms with Gasteiger partial charge < -0.3 is 11.5 Å². The Morgan fingerprint density at radius 2 is 1.94 bits per heavy atom. The average Bonchev–Trinajstić information content (AvgIpc) is 2.77. The second-order valence-electron chi connectivity index (χ2n) is 4.16. The molecule has 0 fully saturated rings. The molecule has 0 radical (unpaired) electrons. The minimum absolute atomic E-state index is 0.526. The van der Waals surface area contributed by atoms with Crippen LogP contribution in [0.4, 0.5) is 11.5 Å². The summed E-state index contributed by atoms with van der Waals surface area (Å²) in [7, 11) is 0. The van der Waals surface area contributed by atoms with Crippen molar-refractivity contribution in [2.45, 2.75) is 6.92 Å². The lowest BCUT2D eigenvalue weighted by molar-refractivity contribution is 1.24. The first-order valence-corrected chi connectivity index (χ1v) is 6.39. The average molecular weight is 256 g/mol. The fourth-order valence-electron chi connectivity index (χ4n) is 1.99. The second-order valence-corrected chi connectivity index (χ2v) is 5.04. The van der Waals surface area contributed by atoms with Crippen LogP contribution in [-0.4, -0.2) is 9.97 Å². The summed E-state index contributed by atoms with van der Waals surface area (Å²) in [6.07, 6.45) is 1.50. The zero-order valence-electron chi connectivity index (χ0n) is 9.84. The molecule has 3 rings (SSSR count). The third kappa shape index (κ3) is 1.60. The van der Waals surface area contributed by atoms with Crippen molar-refractivity contribution in [1.82, 2.24) is 9.97 Å². The number of anilines is 2. The summed E-state index contributed by atoms with van der Waals surface area (Å²) in [4.78, 5) is 8.33. The predicted octanol–water partition coefficient (Wildman–Crippen LogP) is 2.83. The molecule has 3 aromatic rings. The van der Waals surface area contributed by atoms with Crippen molar-refractivity contribution in [2.24, 2.45) is 0 Å². The molecular formula is C13H12N4S. The number of aryl methyl sites for hydroxylation is 1. The van der Waals surface area contributed by atoms with E-state index < -0.39 is 0 Å². The van der Waals surface area contributed by atoms with E-state index in [1.165, 1.54) is 11.9 Å². The van der Waals surface area contributed by atoms with Gasteiger partial charge in [0.05, 0.1) is 10.2 Å². The maximum absolute atomic E-state index is 5.85. The quantitative estimate of drug-likeness (QED) is 0.656. The summed E-state index contributed by atoms with van der Waals surface area (Å²) in [5.74, 6) is 0.526. The topological polar surface area (TPSA) is 77.8 Å². The first-order chi connectivity index (χ1) is 8.66. The van der Waals surface area contributed by atoms with Gasteiger partial charge in [-0.15, -0.1) is 11.3 Å². The van der Waals surface area contributed by atoms with Crippen LogP contribution in [0.25, 0.3) is 21.3 Å². The SMILES string of the molecule is Cc1ccc(N)cc1-c1csc2c(N)ncnc12. The Morgan fingerprint density at radius 1 is 1.11 bits per heavy atom. The van der Waals surface area contributed by atoms with Gasteiger partial charge in [0.25, 0.3) is 0 Å². The van der Waals surface area contributed by atoms with E-state index in [2.05, 4.69) is 22.3 Å². The number of nitrogens with two attached hydrogens (primary N) is 2. The maximum atomic E-state index is 5.85. The number of hydrogen-bond donors (Lipinski definition) is 2. The smallest absolute Gasteiger partial charge is 0.144 e. The van der Waals surface area contributed by atoms with Crippen LogP contribution in [0.3, 0.4) is 0 Å². The van der Waals surface area contributed by atoms with Gasteiger partial charge in [0.15, 0.2) is 0 Å². The zero-order chi connectivity index (χ0) is 12.7. The Morgan fingerprint density at radius 3 is 2.78 bits per heavy atom. The van der Waals surface area contributed by atoms with E-state index in [9.17, 15) is 0 Å². The van der Waals surface area contributed by atoms with E-state index in [-0.39, 0.29) is 0 Å².